The number of rotatable bonds is 2. The van der Waals surface area contributed by atoms with E-state index in [0.29, 0.717) is 36.5 Å². The van der Waals surface area contributed by atoms with E-state index in [-0.39, 0.29) is 17.8 Å². The summed E-state index contributed by atoms with van der Waals surface area (Å²) in [5, 5.41) is 0.477. The smallest absolute Gasteiger partial charge is 0.308 e. The van der Waals surface area contributed by atoms with Crippen LogP contribution in [0.4, 0.5) is 0 Å². The van der Waals surface area contributed by atoms with Crippen molar-refractivity contribution in [1.29, 1.82) is 0 Å². The van der Waals surface area contributed by atoms with Crippen LogP contribution in [0.1, 0.15) is 28.8 Å². The third kappa shape index (κ3) is 3.12. The maximum Gasteiger partial charge on any atom is 0.308 e. The van der Waals surface area contributed by atoms with Crippen LogP contribution >= 0.6 is 11.6 Å². The molecule has 1 heterocycles. The monoisotopic (exact) mass is 295 g/mol. The van der Waals surface area contributed by atoms with Gasteiger partial charge in [0.1, 0.15) is 0 Å². The maximum atomic E-state index is 12.4. The van der Waals surface area contributed by atoms with E-state index < -0.39 is 0 Å². The first-order valence-electron chi connectivity index (χ1n) is 6.66. The Morgan fingerprint density at radius 2 is 1.95 bits per heavy atom. The molecule has 0 radical (unpaired) electrons. The molecule has 1 saturated heterocycles. The molecule has 4 nitrogen and oxygen atoms in total. The highest BCUT2D eigenvalue weighted by atomic mass is 35.5. The van der Waals surface area contributed by atoms with E-state index in [1.54, 1.807) is 17.0 Å². The van der Waals surface area contributed by atoms with E-state index in [1.165, 1.54) is 7.11 Å². The Balaban J connectivity index is 2.03. The van der Waals surface area contributed by atoms with Crippen molar-refractivity contribution >= 4 is 23.5 Å². The van der Waals surface area contributed by atoms with Gasteiger partial charge in [-0.2, -0.15) is 0 Å². The summed E-state index contributed by atoms with van der Waals surface area (Å²) in [6.45, 7) is 3.05. The Hall–Kier alpha value is -1.55. The molecule has 0 saturated carbocycles. The largest absolute Gasteiger partial charge is 0.469 e. The minimum Gasteiger partial charge on any atom is -0.469 e. The van der Waals surface area contributed by atoms with E-state index in [9.17, 15) is 9.59 Å². The number of amides is 1. The number of aryl methyl sites for hydroxylation is 1. The Morgan fingerprint density at radius 3 is 2.50 bits per heavy atom. The van der Waals surface area contributed by atoms with E-state index >= 15 is 0 Å². The number of methoxy groups -OCH3 is 1. The number of halogens is 1. The fourth-order valence-corrected chi connectivity index (χ4v) is 2.76. The van der Waals surface area contributed by atoms with Crippen LogP contribution in [0, 0.1) is 12.8 Å². The summed E-state index contributed by atoms with van der Waals surface area (Å²) in [6.07, 6.45) is 1.28. The van der Waals surface area contributed by atoms with Gasteiger partial charge in [0.15, 0.2) is 0 Å². The first-order chi connectivity index (χ1) is 9.52. The number of carbonyl (C=O) groups excluding carboxylic acids is 2. The van der Waals surface area contributed by atoms with Crippen molar-refractivity contribution < 1.29 is 14.3 Å². The number of carbonyl (C=O) groups is 2. The van der Waals surface area contributed by atoms with Gasteiger partial charge in [0.2, 0.25) is 0 Å². The van der Waals surface area contributed by atoms with Gasteiger partial charge in [0.25, 0.3) is 5.91 Å². The lowest BCUT2D eigenvalue weighted by atomic mass is 9.96. The van der Waals surface area contributed by atoms with Gasteiger partial charge in [-0.15, -0.1) is 0 Å². The molecule has 1 fully saturated rings. The molecule has 0 atom stereocenters. The molecule has 20 heavy (non-hydrogen) atoms. The van der Waals surface area contributed by atoms with Crippen molar-refractivity contribution in [2.45, 2.75) is 19.8 Å². The van der Waals surface area contributed by atoms with Crippen LogP contribution in [0.3, 0.4) is 0 Å². The van der Waals surface area contributed by atoms with Crippen molar-refractivity contribution in [2.75, 3.05) is 20.2 Å². The highest BCUT2D eigenvalue weighted by Gasteiger charge is 2.28. The molecule has 1 aromatic carbocycles. The second-order valence-corrected chi connectivity index (χ2v) is 5.48. The lowest BCUT2D eigenvalue weighted by Gasteiger charge is -2.31. The van der Waals surface area contributed by atoms with Gasteiger partial charge in [-0.3, -0.25) is 9.59 Å². The highest BCUT2D eigenvalue weighted by molar-refractivity contribution is 6.33. The Morgan fingerprint density at radius 1 is 1.30 bits per heavy atom. The summed E-state index contributed by atoms with van der Waals surface area (Å²) in [7, 11) is 1.39. The van der Waals surface area contributed by atoms with Gasteiger partial charge in [-0.1, -0.05) is 17.7 Å². The van der Waals surface area contributed by atoms with Gasteiger partial charge in [-0.05, 0) is 37.5 Å². The molecule has 0 spiro atoms. The molecular formula is C15H18ClNO3. The zero-order chi connectivity index (χ0) is 14.7. The van der Waals surface area contributed by atoms with Crippen LogP contribution < -0.4 is 0 Å². The van der Waals surface area contributed by atoms with E-state index in [4.69, 9.17) is 16.3 Å². The summed E-state index contributed by atoms with van der Waals surface area (Å²) in [6, 6.07) is 5.42. The third-order valence-corrected chi connectivity index (χ3v) is 3.98. The molecule has 5 heteroatoms. The predicted octanol–water partition coefficient (Wildman–Crippen LogP) is 2.67. The molecule has 0 aliphatic carbocycles. The zero-order valence-corrected chi connectivity index (χ0v) is 12.4. The highest BCUT2D eigenvalue weighted by Crippen LogP contribution is 2.23. The zero-order valence-electron chi connectivity index (χ0n) is 11.7. The SMILES string of the molecule is COC(=O)C1CCN(C(=O)c2ccc(C)cc2Cl)CC1. The number of piperidine rings is 1. The van der Waals surface area contributed by atoms with Crippen molar-refractivity contribution in [3.63, 3.8) is 0 Å². The molecule has 1 aliphatic heterocycles. The van der Waals surface area contributed by atoms with Crippen LogP contribution in [0.15, 0.2) is 18.2 Å². The first kappa shape index (κ1) is 14.9. The Bertz CT molecular complexity index is 522. The summed E-state index contributed by atoms with van der Waals surface area (Å²) in [4.78, 5) is 25.6. The standard InChI is InChI=1S/C15H18ClNO3/c1-10-3-4-12(13(16)9-10)14(18)17-7-5-11(6-8-17)15(19)20-2/h3-4,9,11H,5-8H2,1-2H3. The summed E-state index contributed by atoms with van der Waals surface area (Å²) in [5.74, 6) is -0.360. The second kappa shape index (κ2) is 6.27. The average Bonchev–Trinajstić information content (AvgIpc) is 2.46. The van der Waals surface area contributed by atoms with Crippen LogP contribution in [0.25, 0.3) is 0 Å². The number of likely N-dealkylation sites (tertiary alicyclic amines) is 1. The molecule has 0 aromatic heterocycles. The quantitative estimate of drug-likeness (QED) is 0.788. The molecule has 0 unspecified atom stereocenters. The first-order valence-corrected chi connectivity index (χ1v) is 7.04. The van der Waals surface area contributed by atoms with Crippen molar-refractivity contribution in [3.05, 3.63) is 34.3 Å². The van der Waals surface area contributed by atoms with Gasteiger partial charge < -0.3 is 9.64 Å². The molecular weight excluding hydrogens is 278 g/mol. The number of nitrogens with zero attached hydrogens (tertiary/aromatic N) is 1. The van der Waals surface area contributed by atoms with E-state index in [2.05, 4.69) is 0 Å². The Kier molecular flexibility index (Phi) is 4.65. The lowest BCUT2D eigenvalue weighted by molar-refractivity contribution is -0.146. The summed E-state index contributed by atoms with van der Waals surface area (Å²) >= 11 is 6.12. The van der Waals surface area contributed by atoms with Crippen molar-refractivity contribution in [3.8, 4) is 0 Å². The third-order valence-electron chi connectivity index (χ3n) is 3.67. The molecule has 1 amide bonds. The number of hydrogen-bond donors (Lipinski definition) is 0. The minimum atomic E-state index is -0.189. The molecule has 1 aromatic rings. The fourth-order valence-electron chi connectivity index (χ4n) is 2.45. The number of hydrogen-bond acceptors (Lipinski definition) is 3. The lowest BCUT2D eigenvalue weighted by Crippen LogP contribution is -2.40. The van der Waals surface area contributed by atoms with Crippen molar-refractivity contribution in [2.24, 2.45) is 5.92 Å². The van der Waals surface area contributed by atoms with Crippen molar-refractivity contribution in [1.82, 2.24) is 4.90 Å². The predicted molar refractivity (Wildman–Crippen MR) is 76.8 cm³/mol. The Labute approximate surface area is 123 Å². The van der Waals surface area contributed by atoms with Crippen LogP contribution in [0.2, 0.25) is 5.02 Å². The van der Waals surface area contributed by atoms with Crippen LogP contribution in [-0.4, -0.2) is 37.0 Å². The maximum absolute atomic E-state index is 12.4. The van der Waals surface area contributed by atoms with Gasteiger partial charge in [-0.25, -0.2) is 0 Å². The van der Waals surface area contributed by atoms with E-state index in [0.717, 1.165) is 5.56 Å². The van der Waals surface area contributed by atoms with Crippen LogP contribution in [0.5, 0.6) is 0 Å². The molecule has 0 N–H and O–H groups in total. The summed E-state index contributed by atoms with van der Waals surface area (Å²) in [5.41, 5.74) is 1.55. The topological polar surface area (TPSA) is 46.6 Å². The second-order valence-electron chi connectivity index (χ2n) is 5.07. The molecule has 0 bridgehead atoms. The fraction of sp³-hybridized carbons (Fsp3) is 0.467. The average molecular weight is 296 g/mol. The van der Waals surface area contributed by atoms with Gasteiger partial charge in [0.05, 0.1) is 23.6 Å². The number of esters is 1. The molecule has 1 aliphatic rings. The summed E-state index contributed by atoms with van der Waals surface area (Å²) < 4.78 is 4.74. The number of ether oxygens (including phenoxy) is 1. The van der Waals surface area contributed by atoms with E-state index in [1.807, 2.05) is 13.0 Å². The van der Waals surface area contributed by atoms with Crippen LogP contribution in [-0.2, 0) is 9.53 Å². The van der Waals surface area contributed by atoms with Gasteiger partial charge >= 0.3 is 5.97 Å². The molecule has 2 rings (SSSR count). The normalized spacial score (nSPS) is 16.1. The minimum absolute atomic E-state index is 0.0710. The number of benzene rings is 1. The van der Waals surface area contributed by atoms with Gasteiger partial charge in [0, 0.05) is 13.1 Å². The molecule has 108 valence electrons.